The molecule has 1 aliphatic carbocycles. The number of halogens is 2. The summed E-state index contributed by atoms with van der Waals surface area (Å²) in [5, 5.41) is 11.9. The second kappa shape index (κ2) is 7.19. The second-order valence-electron chi connectivity index (χ2n) is 6.57. The molecule has 0 aromatic rings. The van der Waals surface area contributed by atoms with E-state index in [4.69, 9.17) is 0 Å². The van der Waals surface area contributed by atoms with E-state index in [1.165, 1.54) is 0 Å². The zero-order valence-electron chi connectivity index (χ0n) is 13.3. The Bertz CT molecular complexity index is 381. The first kappa shape index (κ1) is 17.6. The first-order valence-corrected chi connectivity index (χ1v) is 8.14. The van der Waals surface area contributed by atoms with Crippen molar-refractivity contribution in [2.45, 2.75) is 43.6 Å². The summed E-state index contributed by atoms with van der Waals surface area (Å²) in [5.41, 5.74) is -2.13. The van der Waals surface area contributed by atoms with Gasteiger partial charge in [0, 0.05) is 32.7 Å². The molecule has 0 spiro atoms. The van der Waals surface area contributed by atoms with Crippen LogP contribution in [0.1, 0.15) is 32.1 Å². The van der Waals surface area contributed by atoms with Gasteiger partial charge in [-0.25, -0.2) is 0 Å². The van der Waals surface area contributed by atoms with Crippen LogP contribution < -0.4 is 5.32 Å². The van der Waals surface area contributed by atoms with Crippen molar-refractivity contribution in [3.05, 3.63) is 0 Å². The maximum Gasteiger partial charge on any atom is 0.352 e. The molecule has 22 heavy (non-hydrogen) atoms. The predicted molar refractivity (Wildman–Crippen MR) is 79.9 cm³/mol. The third kappa shape index (κ3) is 3.94. The quantitative estimate of drug-likeness (QED) is 0.678. The molecule has 2 N–H and O–H groups in total. The molecule has 0 atom stereocenters. The van der Waals surface area contributed by atoms with Crippen molar-refractivity contribution < 1.29 is 18.7 Å². The molecule has 2 fully saturated rings. The summed E-state index contributed by atoms with van der Waals surface area (Å²) in [6.45, 7) is 5.35. The number of alkyl halides is 2. The average Bonchev–Trinajstić information content (AvgIpc) is 2.45. The maximum absolute atomic E-state index is 13.8. The lowest BCUT2D eigenvalue weighted by molar-refractivity contribution is -0.215. The van der Waals surface area contributed by atoms with E-state index in [0.717, 1.165) is 39.1 Å². The van der Waals surface area contributed by atoms with Crippen LogP contribution in [0, 0.1) is 0 Å². The highest BCUT2D eigenvalue weighted by Crippen LogP contribution is 2.44. The van der Waals surface area contributed by atoms with Crippen LogP contribution in [-0.4, -0.2) is 78.7 Å². The van der Waals surface area contributed by atoms with Crippen molar-refractivity contribution in [2.24, 2.45) is 0 Å². The van der Waals surface area contributed by atoms with Crippen LogP contribution in [0.5, 0.6) is 0 Å². The van der Waals surface area contributed by atoms with Gasteiger partial charge >= 0.3 is 5.92 Å². The average molecular weight is 319 g/mol. The number of carbonyl (C=O) groups is 1. The minimum absolute atomic E-state index is 0.00315. The molecule has 1 saturated carbocycles. The summed E-state index contributed by atoms with van der Waals surface area (Å²) in [5.74, 6) is -5.02. The number of unbranched alkanes of at least 4 members (excludes halogenated alkanes) is 1. The van der Waals surface area contributed by atoms with Gasteiger partial charge in [0.2, 0.25) is 0 Å². The third-order valence-electron chi connectivity index (χ3n) is 4.83. The lowest BCUT2D eigenvalue weighted by atomic mass is 9.75. The van der Waals surface area contributed by atoms with Crippen molar-refractivity contribution in [1.29, 1.82) is 0 Å². The second-order valence-corrected chi connectivity index (χ2v) is 6.57. The summed E-state index contributed by atoms with van der Waals surface area (Å²) in [4.78, 5) is 16.2. The normalized spacial score (nSPS) is 23.1. The van der Waals surface area contributed by atoms with Gasteiger partial charge in [0.15, 0.2) is 0 Å². The molecule has 0 unspecified atom stereocenters. The highest BCUT2D eigenvalue weighted by Gasteiger charge is 2.60. The Balaban J connectivity index is 1.59. The number of hydrogen-bond acceptors (Lipinski definition) is 4. The zero-order valence-corrected chi connectivity index (χ0v) is 13.3. The molecule has 0 bridgehead atoms. The number of amides is 1. The first-order valence-electron chi connectivity index (χ1n) is 8.14. The molecule has 2 aliphatic rings. The van der Waals surface area contributed by atoms with Gasteiger partial charge in [0.05, 0.1) is 0 Å². The van der Waals surface area contributed by atoms with E-state index in [9.17, 15) is 18.7 Å². The van der Waals surface area contributed by atoms with E-state index in [1.807, 2.05) is 0 Å². The molecule has 0 aromatic carbocycles. The van der Waals surface area contributed by atoms with Crippen LogP contribution in [0.25, 0.3) is 0 Å². The zero-order chi connectivity index (χ0) is 16.2. The SMILES string of the molecule is CN1CCN(CCCCNC(=O)C(F)(F)C2(O)CCC2)CC1. The largest absolute Gasteiger partial charge is 0.383 e. The number of hydrogen-bond donors (Lipinski definition) is 2. The highest BCUT2D eigenvalue weighted by molar-refractivity contribution is 5.85. The smallest absolute Gasteiger partial charge is 0.352 e. The molecule has 1 heterocycles. The van der Waals surface area contributed by atoms with Crippen molar-refractivity contribution in [2.75, 3.05) is 46.3 Å². The van der Waals surface area contributed by atoms with Gasteiger partial charge < -0.3 is 20.2 Å². The molecular formula is C15H27F2N3O2. The fourth-order valence-corrected chi connectivity index (χ4v) is 2.88. The summed E-state index contributed by atoms with van der Waals surface area (Å²) < 4.78 is 27.6. The van der Waals surface area contributed by atoms with Crippen molar-refractivity contribution in [1.82, 2.24) is 15.1 Å². The van der Waals surface area contributed by atoms with Gasteiger partial charge in [-0.1, -0.05) is 0 Å². The van der Waals surface area contributed by atoms with E-state index in [2.05, 4.69) is 22.2 Å². The van der Waals surface area contributed by atoms with Crippen molar-refractivity contribution in [3.8, 4) is 0 Å². The number of carbonyl (C=O) groups excluding carboxylic acids is 1. The standard InChI is InChI=1S/C15H27F2N3O2/c1-19-9-11-20(12-10-19)8-3-2-7-18-13(21)15(16,17)14(22)5-4-6-14/h22H,2-12H2,1H3,(H,18,21). The number of likely N-dealkylation sites (N-methyl/N-ethyl adjacent to an activating group) is 1. The van der Waals surface area contributed by atoms with Crippen LogP contribution in [0.2, 0.25) is 0 Å². The van der Waals surface area contributed by atoms with Gasteiger partial charge in [-0.3, -0.25) is 4.79 Å². The molecule has 0 aromatic heterocycles. The monoisotopic (exact) mass is 319 g/mol. The van der Waals surface area contributed by atoms with Crippen LogP contribution >= 0.6 is 0 Å². The maximum atomic E-state index is 13.8. The minimum Gasteiger partial charge on any atom is -0.383 e. The summed E-state index contributed by atoms with van der Waals surface area (Å²) in [7, 11) is 2.10. The molecule has 1 aliphatic heterocycles. The van der Waals surface area contributed by atoms with Crippen LogP contribution in [0.4, 0.5) is 8.78 Å². The van der Waals surface area contributed by atoms with E-state index in [-0.39, 0.29) is 19.4 Å². The van der Waals surface area contributed by atoms with Gasteiger partial charge in [0.1, 0.15) is 5.60 Å². The fourth-order valence-electron chi connectivity index (χ4n) is 2.88. The molecular weight excluding hydrogens is 292 g/mol. The number of aliphatic hydroxyl groups is 1. The Kier molecular flexibility index (Phi) is 5.74. The van der Waals surface area contributed by atoms with Crippen LogP contribution in [-0.2, 0) is 4.79 Å². The Morgan fingerprint density at radius 2 is 1.86 bits per heavy atom. The molecule has 2 rings (SSSR count). The van der Waals surface area contributed by atoms with Gasteiger partial charge in [-0.2, -0.15) is 8.78 Å². The lowest BCUT2D eigenvalue weighted by Crippen LogP contribution is -2.60. The summed E-state index contributed by atoms with van der Waals surface area (Å²) >= 11 is 0. The van der Waals surface area contributed by atoms with Crippen LogP contribution in [0.3, 0.4) is 0 Å². The van der Waals surface area contributed by atoms with Crippen LogP contribution in [0.15, 0.2) is 0 Å². The van der Waals surface area contributed by atoms with Crippen molar-refractivity contribution in [3.63, 3.8) is 0 Å². The van der Waals surface area contributed by atoms with Gasteiger partial charge in [-0.15, -0.1) is 0 Å². The molecule has 0 radical (unpaired) electrons. The molecule has 1 saturated heterocycles. The van der Waals surface area contributed by atoms with Crippen molar-refractivity contribution >= 4 is 5.91 Å². The molecule has 7 heteroatoms. The first-order chi connectivity index (χ1) is 10.3. The number of nitrogens with one attached hydrogen (secondary N) is 1. The Morgan fingerprint density at radius 3 is 2.41 bits per heavy atom. The van der Waals surface area contributed by atoms with E-state index >= 15 is 0 Å². The third-order valence-corrected chi connectivity index (χ3v) is 4.83. The topological polar surface area (TPSA) is 55.8 Å². The molecule has 128 valence electrons. The lowest BCUT2D eigenvalue weighted by Gasteiger charge is -2.41. The highest BCUT2D eigenvalue weighted by atomic mass is 19.3. The number of rotatable bonds is 7. The summed E-state index contributed by atoms with van der Waals surface area (Å²) in [6, 6.07) is 0. The van der Waals surface area contributed by atoms with E-state index < -0.39 is 17.4 Å². The molecule has 5 nitrogen and oxygen atoms in total. The number of piperazine rings is 1. The van der Waals surface area contributed by atoms with Gasteiger partial charge in [-0.05, 0) is 45.7 Å². The fraction of sp³-hybridized carbons (Fsp3) is 0.933. The van der Waals surface area contributed by atoms with Gasteiger partial charge in [0.25, 0.3) is 5.91 Å². The summed E-state index contributed by atoms with van der Waals surface area (Å²) in [6.07, 6.45) is 2.09. The Hall–Kier alpha value is -0.790. The van der Waals surface area contributed by atoms with E-state index in [1.54, 1.807) is 0 Å². The molecule has 1 amide bonds. The minimum atomic E-state index is -3.68. The van der Waals surface area contributed by atoms with E-state index in [0.29, 0.717) is 12.8 Å². The predicted octanol–water partition coefficient (Wildman–Crippen LogP) is 0.680. The number of nitrogens with zero attached hydrogens (tertiary/aromatic N) is 2. The Morgan fingerprint density at radius 1 is 1.23 bits per heavy atom. The Labute approximate surface area is 130 Å².